The van der Waals surface area contributed by atoms with E-state index in [0.29, 0.717) is 11.3 Å². The van der Waals surface area contributed by atoms with Gasteiger partial charge in [-0.3, -0.25) is 0 Å². The molecule has 0 radical (unpaired) electrons. The van der Waals surface area contributed by atoms with E-state index in [2.05, 4.69) is 17.5 Å². The normalized spacial score (nSPS) is 28.0. The van der Waals surface area contributed by atoms with E-state index in [1.807, 2.05) is 18.2 Å². The summed E-state index contributed by atoms with van der Waals surface area (Å²) in [6.45, 7) is -0.463. The van der Waals surface area contributed by atoms with Crippen LogP contribution in [0.2, 0.25) is 0 Å². The van der Waals surface area contributed by atoms with E-state index in [-0.39, 0.29) is 0 Å². The number of hydrogen-bond donors (Lipinski definition) is 4. The van der Waals surface area contributed by atoms with Gasteiger partial charge in [0, 0.05) is 22.2 Å². The predicted octanol–water partition coefficient (Wildman–Crippen LogP) is 2.08. The van der Waals surface area contributed by atoms with E-state index in [1.54, 1.807) is 22.7 Å². The number of thiophene rings is 2. The molecule has 8 heteroatoms. The molecule has 3 heterocycles. The van der Waals surface area contributed by atoms with Crippen molar-refractivity contribution in [3.8, 4) is 5.75 Å². The van der Waals surface area contributed by atoms with Crippen molar-refractivity contribution in [3.63, 3.8) is 0 Å². The Balaban J connectivity index is 1.65. The number of aliphatic hydroxyl groups is 4. The maximum Gasteiger partial charge on any atom is 0.124 e. The van der Waals surface area contributed by atoms with Gasteiger partial charge in [-0.1, -0.05) is 6.07 Å². The maximum atomic E-state index is 10.5. The Hall–Kier alpha value is -1.52. The molecule has 4 N–H and O–H groups in total. The lowest BCUT2D eigenvalue weighted by molar-refractivity contribution is -0.232. The van der Waals surface area contributed by atoms with Gasteiger partial charge in [0.25, 0.3) is 0 Å². The van der Waals surface area contributed by atoms with Gasteiger partial charge in [-0.05, 0) is 35.2 Å². The van der Waals surface area contributed by atoms with Gasteiger partial charge in [0.1, 0.15) is 36.3 Å². The van der Waals surface area contributed by atoms with Gasteiger partial charge in [-0.15, -0.1) is 22.7 Å². The molecular weight excluding hydrogens is 400 g/mol. The van der Waals surface area contributed by atoms with Crippen LogP contribution in [0.4, 0.5) is 0 Å². The monoisotopic (exact) mass is 422 g/mol. The van der Waals surface area contributed by atoms with Gasteiger partial charge in [-0.2, -0.15) is 0 Å². The highest BCUT2D eigenvalue weighted by Crippen LogP contribution is 2.38. The fraction of sp³-hybridized carbons (Fsp3) is 0.400. The van der Waals surface area contributed by atoms with Crippen LogP contribution in [-0.4, -0.2) is 58.6 Å². The predicted molar refractivity (Wildman–Crippen MR) is 108 cm³/mol. The molecular formula is C20H22O6S2. The Bertz CT molecular complexity index is 921. The summed E-state index contributed by atoms with van der Waals surface area (Å²) in [4.78, 5) is 1.23. The second kappa shape index (κ2) is 8.08. The topological polar surface area (TPSA) is 99.4 Å². The molecule has 0 bridgehead atoms. The van der Waals surface area contributed by atoms with Crippen LogP contribution in [0.3, 0.4) is 0 Å². The minimum absolute atomic E-state index is 0.463. The molecule has 4 rings (SSSR count). The number of fused-ring (bicyclic) bond motifs is 1. The Morgan fingerprint density at radius 1 is 1.07 bits per heavy atom. The molecule has 1 aliphatic rings. The van der Waals surface area contributed by atoms with Crippen molar-refractivity contribution in [1.82, 2.24) is 0 Å². The Labute approximate surface area is 170 Å². The number of aliphatic hydroxyl groups excluding tert-OH is 4. The molecule has 5 atom stereocenters. The van der Waals surface area contributed by atoms with E-state index in [0.717, 1.165) is 12.0 Å². The molecule has 1 aromatic carbocycles. The number of ether oxygens (including phenoxy) is 2. The Morgan fingerprint density at radius 3 is 2.61 bits per heavy atom. The molecule has 0 spiro atoms. The molecule has 0 unspecified atom stereocenters. The van der Waals surface area contributed by atoms with E-state index in [1.165, 1.54) is 21.4 Å². The molecule has 0 amide bonds. The molecule has 1 fully saturated rings. The quantitative estimate of drug-likeness (QED) is 0.503. The van der Waals surface area contributed by atoms with Crippen LogP contribution >= 0.6 is 22.7 Å². The second-order valence-corrected chi connectivity index (χ2v) is 9.19. The number of hydrogen-bond acceptors (Lipinski definition) is 8. The number of rotatable bonds is 5. The van der Waals surface area contributed by atoms with Gasteiger partial charge in [-0.25, -0.2) is 0 Å². The van der Waals surface area contributed by atoms with Crippen LogP contribution in [-0.2, 0) is 11.2 Å². The summed E-state index contributed by atoms with van der Waals surface area (Å²) < 4.78 is 12.4. The number of benzene rings is 1. The van der Waals surface area contributed by atoms with Crippen LogP contribution in [0.1, 0.15) is 22.1 Å². The first-order chi connectivity index (χ1) is 13.5. The zero-order chi connectivity index (χ0) is 19.8. The van der Waals surface area contributed by atoms with Crippen molar-refractivity contribution in [2.45, 2.75) is 36.9 Å². The van der Waals surface area contributed by atoms with Gasteiger partial charge in [0.2, 0.25) is 0 Å². The average molecular weight is 423 g/mol. The maximum absolute atomic E-state index is 10.5. The molecule has 0 saturated carbocycles. The first-order valence-corrected chi connectivity index (χ1v) is 10.6. The zero-order valence-corrected chi connectivity index (χ0v) is 16.8. The molecule has 2 aromatic heterocycles. The highest BCUT2D eigenvalue weighted by Gasteiger charge is 2.44. The summed E-state index contributed by atoms with van der Waals surface area (Å²) in [5.41, 5.74) is 1.59. The van der Waals surface area contributed by atoms with Gasteiger partial charge in [0.05, 0.1) is 17.7 Å². The average Bonchev–Trinajstić information content (AvgIpc) is 3.28. The van der Waals surface area contributed by atoms with Gasteiger partial charge in [0.15, 0.2) is 0 Å². The van der Waals surface area contributed by atoms with Crippen molar-refractivity contribution in [2.24, 2.45) is 0 Å². The molecule has 28 heavy (non-hydrogen) atoms. The van der Waals surface area contributed by atoms with Crippen molar-refractivity contribution in [3.05, 3.63) is 51.7 Å². The second-order valence-electron chi connectivity index (χ2n) is 6.88. The van der Waals surface area contributed by atoms with Crippen molar-refractivity contribution < 1.29 is 29.9 Å². The third-order valence-electron chi connectivity index (χ3n) is 5.07. The summed E-state index contributed by atoms with van der Waals surface area (Å²) in [6.07, 6.45) is -5.30. The first kappa shape index (κ1) is 19.8. The van der Waals surface area contributed by atoms with Gasteiger partial charge >= 0.3 is 0 Å². The van der Waals surface area contributed by atoms with E-state index < -0.39 is 37.1 Å². The van der Waals surface area contributed by atoms with Crippen molar-refractivity contribution in [1.29, 1.82) is 0 Å². The van der Waals surface area contributed by atoms with Gasteiger partial charge < -0.3 is 29.9 Å². The minimum atomic E-state index is -1.42. The van der Waals surface area contributed by atoms with E-state index >= 15 is 0 Å². The summed E-state index contributed by atoms with van der Waals surface area (Å²) >= 11 is 3.48. The smallest absolute Gasteiger partial charge is 0.124 e. The lowest BCUT2D eigenvalue weighted by Crippen LogP contribution is -2.55. The van der Waals surface area contributed by atoms with Crippen LogP contribution < -0.4 is 4.74 Å². The molecule has 6 nitrogen and oxygen atoms in total. The Kier molecular flexibility index (Phi) is 5.71. The van der Waals surface area contributed by atoms with Crippen LogP contribution in [0.5, 0.6) is 5.75 Å². The van der Waals surface area contributed by atoms with Crippen LogP contribution in [0, 0.1) is 0 Å². The SMILES string of the molecule is COc1ccc(Cc2cc3ccsc3s2)cc1[C@@H]1O[C@H](CO)[C@@H](O)[C@H](O)[C@H]1O. The lowest BCUT2D eigenvalue weighted by atomic mass is 9.90. The minimum Gasteiger partial charge on any atom is -0.496 e. The fourth-order valence-corrected chi connectivity index (χ4v) is 5.77. The fourth-order valence-electron chi connectivity index (χ4n) is 3.58. The molecule has 150 valence electrons. The lowest BCUT2D eigenvalue weighted by Gasteiger charge is -2.40. The highest BCUT2D eigenvalue weighted by atomic mass is 32.2. The summed E-state index contributed by atoms with van der Waals surface area (Å²) in [5, 5.41) is 43.4. The highest BCUT2D eigenvalue weighted by molar-refractivity contribution is 7.37. The largest absolute Gasteiger partial charge is 0.496 e. The van der Waals surface area contributed by atoms with E-state index in [9.17, 15) is 20.4 Å². The van der Waals surface area contributed by atoms with E-state index in [4.69, 9.17) is 9.47 Å². The summed E-state index contributed by atoms with van der Waals surface area (Å²) in [6, 6.07) is 9.93. The van der Waals surface area contributed by atoms with Crippen LogP contribution in [0.15, 0.2) is 35.7 Å². The standard InChI is InChI=1S/C20H22O6S2/c1-25-14-3-2-10(6-12-8-11-4-5-27-20(11)28-12)7-13(14)19-18(24)17(23)16(22)15(9-21)26-19/h2-5,7-8,15-19,21-24H,6,9H2,1H3/t15-,16-,17+,18-,19+/m1/s1. The number of methoxy groups -OCH3 is 1. The molecule has 1 aliphatic heterocycles. The first-order valence-electron chi connectivity index (χ1n) is 8.95. The molecule has 0 aliphatic carbocycles. The molecule has 3 aromatic rings. The van der Waals surface area contributed by atoms with Crippen LogP contribution in [0.25, 0.3) is 9.40 Å². The summed E-state index contributed by atoms with van der Waals surface area (Å²) in [7, 11) is 1.52. The van der Waals surface area contributed by atoms with Crippen molar-refractivity contribution >= 4 is 32.1 Å². The third kappa shape index (κ3) is 3.57. The van der Waals surface area contributed by atoms with Crippen molar-refractivity contribution in [2.75, 3.05) is 13.7 Å². The summed E-state index contributed by atoms with van der Waals surface area (Å²) in [5.74, 6) is 0.514. The third-order valence-corrected chi connectivity index (χ3v) is 7.28. The Morgan fingerprint density at radius 2 is 1.89 bits per heavy atom. The zero-order valence-electron chi connectivity index (χ0n) is 15.2. The molecule has 1 saturated heterocycles.